The Kier molecular flexibility index (Phi) is 6.77. The van der Waals surface area contributed by atoms with Crippen molar-refractivity contribution in [1.29, 1.82) is 0 Å². The van der Waals surface area contributed by atoms with Gasteiger partial charge in [-0.2, -0.15) is 0 Å². The van der Waals surface area contributed by atoms with E-state index in [0.29, 0.717) is 10.7 Å². The fourth-order valence-electron chi connectivity index (χ4n) is 2.01. The number of halogens is 2. The standard InChI is InChI=1S/C18H18ClFN2O3/c1-12(22-25-11-13-3-6-16(20)7-4-13)14-5-8-17(19)15(9-14)10-21-18(23)24-2/h3-9H,10-11H2,1-2H3,(H,21,23)/b22-12+. The molecule has 132 valence electrons. The van der Waals surface area contributed by atoms with Gasteiger partial charge in [0.25, 0.3) is 0 Å². The quantitative estimate of drug-likeness (QED) is 0.615. The Morgan fingerprint density at radius 2 is 1.96 bits per heavy atom. The highest BCUT2D eigenvalue weighted by molar-refractivity contribution is 6.31. The van der Waals surface area contributed by atoms with Crippen LogP contribution < -0.4 is 5.32 Å². The zero-order valence-electron chi connectivity index (χ0n) is 13.9. The third-order valence-electron chi connectivity index (χ3n) is 3.42. The molecule has 25 heavy (non-hydrogen) atoms. The lowest BCUT2D eigenvalue weighted by Crippen LogP contribution is -2.22. The van der Waals surface area contributed by atoms with Crippen molar-refractivity contribution >= 4 is 23.4 Å². The first-order chi connectivity index (χ1) is 12.0. The predicted molar refractivity (Wildman–Crippen MR) is 94.1 cm³/mol. The second-order valence-corrected chi connectivity index (χ2v) is 5.64. The normalized spacial score (nSPS) is 11.1. The lowest BCUT2D eigenvalue weighted by atomic mass is 10.1. The molecule has 0 fully saturated rings. The number of nitrogens with zero attached hydrogens (tertiary/aromatic N) is 1. The van der Waals surface area contributed by atoms with Crippen LogP contribution >= 0.6 is 11.6 Å². The maximum absolute atomic E-state index is 12.9. The maximum Gasteiger partial charge on any atom is 0.407 e. The van der Waals surface area contributed by atoms with E-state index in [1.165, 1.54) is 19.2 Å². The lowest BCUT2D eigenvalue weighted by molar-refractivity contribution is 0.130. The number of carbonyl (C=O) groups is 1. The Balaban J connectivity index is 2.01. The topological polar surface area (TPSA) is 59.9 Å². The van der Waals surface area contributed by atoms with Crippen LogP contribution in [0.2, 0.25) is 5.02 Å². The van der Waals surface area contributed by atoms with E-state index in [1.807, 2.05) is 12.1 Å². The molecule has 0 bridgehead atoms. The van der Waals surface area contributed by atoms with Gasteiger partial charge in [-0.15, -0.1) is 0 Å². The Hall–Kier alpha value is -2.60. The number of methoxy groups -OCH3 is 1. The molecule has 0 aromatic heterocycles. The predicted octanol–water partition coefficient (Wildman–Crippen LogP) is 4.28. The molecule has 5 nitrogen and oxygen atoms in total. The summed E-state index contributed by atoms with van der Waals surface area (Å²) >= 11 is 6.13. The van der Waals surface area contributed by atoms with Crippen LogP contribution in [0.5, 0.6) is 0 Å². The summed E-state index contributed by atoms with van der Waals surface area (Å²) < 4.78 is 17.4. The number of hydrogen-bond acceptors (Lipinski definition) is 4. The van der Waals surface area contributed by atoms with E-state index < -0.39 is 6.09 Å². The van der Waals surface area contributed by atoms with Gasteiger partial charge < -0.3 is 14.9 Å². The average molecular weight is 365 g/mol. The van der Waals surface area contributed by atoms with Crippen LogP contribution in [0.1, 0.15) is 23.6 Å². The van der Waals surface area contributed by atoms with Crippen molar-refractivity contribution in [1.82, 2.24) is 5.32 Å². The fraction of sp³-hybridized carbons (Fsp3) is 0.222. The fourth-order valence-corrected chi connectivity index (χ4v) is 2.20. The molecule has 2 aromatic carbocycles. The molecule has 0 aliphatic rings. The summed E-state index contributed by atoms with van der Waals surface area (Å²) in [6.45, 7) is 2.27. The molecule has 0 radical (unpaired) electrons. The summed E-state index contributed by atoms with van der Waals surface area (Å²) in [4.78, 5) is 16.5. The average Bonchev–Trinajstić information content (AvgIpc) is 2.62. The number of alkyl carbamates (subject to hydrolysis) is 1. The van der Waals surface area contributed by atoms with E-state index in [4.69, 9.17) is 16.4 Å². The van der Waals surface area contributed by atoms with E-state index in [2.05, 4.69) is 15.2 Å². The van der Waals surface area contributed by atoms with Gasteiger partial charge in [0.15, 0.2) is 0 Å². The molecule has 2 aromatic rings. The Morgan fingerprint density at radius 3 is 2.64 bits per heavy atom. The minimum absolute atomic E-state index is 0.238. The smallest absolute Gasteiger partial charge is 0.407 e. The van der Waals surface area contributed by atoms with Crippen molar-refractivity contribution in [3.63, 3.8) is 0 Å². The van der Waals surface area contributed by atoms with Crippen molar-refractivity contribution in [3.8, 4) is 0 Å². The summed E-state index contributed by atoms with van der Waals surface area (Å²) in [5.74, 6) is -0.294. The first-order valence-electron chi connectivity index (χ1n) is 7.51. The zero-order valence-corrected chi connectivity index (χ0v) is 14.6. The van der Waals surface area contributed by atoms with Crippen LogP contribution in [-0.4, -0.2) is 18.9 Å². The van der Waals surface area contributed by atoms with Gasteiger partial charge >= 0.3 is 6.09 Å². The second-order valence-electron chi connectivity index (χ2n) is 5.23. The van der Waals surface area contributed by atoms with Gasteiger partial charge in [0.2, 0.25) is 0 Å². The Bertz CT molecular complexity index is 763. The summed E-state index contributed by atoms with van der Waals surface area (Å²) in [7, 11) is 1.29. The molecular weight excluding hydrogens is 347 g/mol. The highest BCUT2D eigenvalue weighted by atomic mass is 35.5. The molecule has 1 N–H and O–H groups in total. The molecule has 0 atom stereocenters. The summed E-state index contributed by atoms with van der Waals surface area (Å²) in [5.41, 5.74) is 3.01. The van der Waals surface area contributed by atoms with Crippen molar-refractivity contribution < 1.29 is 18.8 Å². The highest BCUT2D eigenvalue weighted by Gasteiger charge is 2.07. The molecule has 7 heteroatoms. The van der Waals surface area contributed by atoms with E-state index >= 15 is 0 Å². The molecule has 0 unspecified atom stereocenters. The summed E-state index contributed by atoms with van der Waals surface area (Å²) in [5, 5.41) is 7.17. The lowest BCUT2D eigenvalue weighted by Gasteiger charge is -2.09. The number of oxime groups is 1. The van der Waals surface area contributed by atoms with Crippen molar-refractivity contribution in [2.45, 2.75) is 20.1 Å². The van der Waals surface area contributed by atoms with Gasteiger partial charge in [-0.1, -0.05) is 35.0 Å². The second kappa shape index (κ2) is 9.03. The minimum Gasteiger partial charge on any atom is -0.453 e. The van der Waals surface area contributed by atoms with Gasteiger partial charge in [0, 0.05) is 11.6 Å². The number of nitrogens with one attached hydrogen (secondary N) is 1. The number of benzene rings is 2. The van der Waals surface area contributed by atoms with Crippen molar-refractivity contribution in [2.24, 2.45) is 5.16 Å². The number of hydrogen-bond donors (Lipinski definition) is 1. The number of ether oxygens (including phenoxy) is 1. The molecule has 0 spiro atoms. The number of amides is 1. The maximum atomic E-state index is 12.9. The van der Waals surface area contributed by atoms with Crippen molar-refractivity contribution in [2.75, 3.05) is 7.11 Å². The van der Waals surface area contributed by atoms with Crippen molar-refractivity contribution in [3.05, 3.63) is 70.0 Å². The van der Waals surface area contributed by atoms with Gasteiger partial charge in [0.1, 0.15) is 12.4 Å². The number of rotatable bonds is 6. The van der Waals surface area contributed by atoms with E-state index in [0.717, 1.165) is 16.7 Å². The van der Waals surface area contributed by atoms with Crippen LogP contribution in [0.25, 0.3) is 0 Å². The largest absolute Gasteiger partial charge is 0.453 e. The van der Waals surface area contributed by atoms with Crippen LogP contribution in [0.15, 0.2) is 47.6 Å². The third kappa shape index (κ3) is 5.76. The van der Waals surface area contributed by atoms with Crippen LogP contribution in [0.3, 0.4) is 0 Å². The molecule has 0 aliphatic heterocycles. The molecule has 0 saturated carbocycles. The molecule has 1 amide bonds. The van der Waals surface area contributed by atoms with Crippen LogP contribution in [0.4, 0.5) is 9.18 Å². The molecular formula is C18H18ClFN2O3. The molecule has 0 aliphatic carbocycles. The zero-order chi connectivity index (χ0) is 18.2. The SMILES string of the molecule is COC(=O)NCc1cc(/C(C)=N/OCc2ccc(F)cc2)ccc1Cl. The monoisotopic (exact) mass is 364 g/mol. The van der Waals surface area contributed by atoms with E-state index in [9.17, 15) is 9.18 Å². The Morgan fingerprint density at radius 1 is 1.24 bits per heavy atom. The van der Waals surface area contributed by atoms with Gasteiger partial charge in [-0.25, -0.2) is 9.18 Å². The first kappa shape index (κ1) is 18.7. The first-order valence-corrected chi connectivity index (χ1v) is 7.89. The Labute approximate surface area is 150 Å². The summed E-state index contributed by atoms with van der Waals surface area (Å²) in [6.07, 6.45) is -0.533. The van der Waals surface area contributed by atoms with E-state index in [1.54, 1.807) is 25.1 Å². The van der Waals surface area contributed by atoms with Gasteiger partial charge in [-0.05, 0) is 47.9 Å². The minimum atomic E-state index is -0.533. The van der Waals surface area contributed by atoms with Crippen LogP contribution in [0, 0.1) is 5.82 Å². The molecule has 0 saturated heterocycles. The third-order valence-corrected chi connectivity index (χ3v) is 3.79. The summed E-state index contributed by atoms with van der Waals surface area (Å²) in [6, 6.07) is 11.4. The highest BCUT2D eigenvalue weighted by Crippen LogP contribution is 2.18. The molecule has 0 heterocycles. The van der Waals surface area contributed by atoms with E-state index in [-0.39, 0.29) is 19.0 Å². The number of carbonyl (C=O) groups excluding carboxylic acids is 1. The molecule has 2 rings (SSSR count). The van der Waals surface area contributed by atoms with Gasteiger partial charge in [0.05, 0.1) is 12.8 Å². The van der Waals surface area contributed by atoms with Crippen LogP contribution in [-0.2, 0) is 22.7 Å². The van der Waals surface area contributed by atoms with Gasteiger partial charge in [-0.3, -0.25) is 0 Å².